The van der Waals surface area contributed by atoms with E-state index in [0.717, 1.165) is 10.2 Å². The molecule has 0 atom stereocenters. The Kier molecular flexibility index (Phi) is 2.29. The molecule has 2 rings (SSSR count). The molecule has 1 heterocycles. The van der Waals surface area contributed by atoms with Gasteiger partial charge in [0.25, 0.3) is 0 Å². The first-order valence-electron chi connectivity index (χ1n) is 4.24. The number of halogens is 1. The lowest BCUT2D eigenvalue weighted by Gasteiger charge is -2.06. The van der Waals surface area contributed by atoms with Crippen molar-refractivity contribution in [2.75, 3.05) is 5.73 Å². The molecular weight excluding hydrogens is 242 g/mol. The van der Waals surface area contributed by atoms with Crippen molar-refractivity contribution in [1.82, 2.24) is 9.55 Å². The first kappa shape index (κ1) is 9.27. The second-order valence-corrected chi connectivity index (χ2v) is 3.94. The second-order valence-electron chi connectivity index (χ2n) is 3.09. The SMILES string of the molecule is Cc1cc(-n2ccnc2N)ccc1Br. The average molecular weight is 252 g/mol. The average Bonchev–Trinajstić information content (AvgIpc) is 2.57. The molecule has 0 saturated carbocycles. The first-order chi connectivity index (χ1) is 6.68. The third kappa shape index (κ3) is 1.53. The van der Waals surface area contributed by atoms with Gasteiger partial charge >= 0.3 is 0 Å². The fourth-order valence-corrected chi connectivity index (χ4v) is 1.56. The Balaban J connectivity index is 2.53. The van der Waals surface area contributed by atoms with Crippen LogP contribution in [0.5, 0.6) is 0 Å². The second kappa shape index (κ2) is 3.46. The molecule has 2 N–H and O–H groups in total. The van der Waals surface area contributed by atoms with E-state index in [-0.39, 0.29) is 0 Å². The van der Waals surface area contributed by atoms with Crippen LogP contribution in [0.1, 0.15) is 5.56 Å². The van der Waals surface area contributed by atoms with Crippen LogP contribution >= 0.6 is 15.9 Å². The highest BCUT2D eigenvalue weighted by atomic mass is 79.9. The maximum atomic E-state index is 5.70. The van der Waals surface area contributed by atoms with E-state index in [2.05, 4.69) is 27.0 Å². The molecule has 1 aromatic carbocycles. The van der Waals surface area contributed by atoms with Gasteiger partial charge in [0, 0.05) is 22.6 Å². The van der Waals surface area contributed by atoms with E-state index < -0.39 is 0 Å². The minimum Gasteiger partial charge on any atom is -0.369 e. The summed E-state index contributed by atoms with van der Waals surface area (Å²) in [5.41, 5.74) is 7.91. The van der Waals surface area contributed by atoms with Crippen molar-refractivity contribution in [2.24, 2.45) is 0 Å². The summed E-state index contributed by atoms with van der Waals surface area (Å²) < 4.78 is 2.94. The van der Waals surface area contributed by atoms with E-state index >= 15 is 0 Å². The first-order valence-corrected chi connectivity index (χ1v) is 5.03. The number of rotatable bonds is 1. The van der Waals surface area contributed by atoms with Crippen LogP contribution in [-0.2, 0) is 0 Å². The van der Waals surface area contributed by atoms with Gasteiger partial charge in [-0.25, -0.2) is 4.98 Å². The summed E-state index contributed by atoms with van der Waals surface area (Å²) in [7, 11) is 0. The maximum absolute atomic E-state index is 5.70. The number of benzene rings is 1. The van der Waals surface area contributed by atoms with Crippen molar-refractivity contribution in [1.29, 1.82) is 0 Å². The van der Waals surface area contributed by atoms with E-state index in [1.807, 2.05) is 29.8 Å². The third-order valence-electron chi connectivity index (χ3n) is 2.09. The molecule has 3 nitrogen and oxygen atoms in total. The highest BCUT2D eigenvalue weighted by Crippen LogP contribution is 2.20. The molecule has 0 aliphatic rings. The number of nitrogen functional groups attached to an aromatic ring is 1. The molecule has 1 aromatic heterocycles. The molecule has 2 aromatic rings. The van der Waals surface area contributed by atoms with Gasteiger partial charge in [-0.15, -0.1) is 0 Å². The minimum atomic E-state index is 0.506. The Morgan fingerprint density at radius 1 is 1.43 bits per heavy atom. The summed E-state index contributed by atoms with van der Waals surface area (Å²) in [6.07, 6.45) is 3.53. The number of imidazole rings is 1. The molecule has 0 spiro atoms. The highest BCUT2D eigenvalue weighted by Gasteiger charge is 2.02. The predicted molar refractivity (Wildman–Crippen MR) is 60.4 cm³/mol. The summed E-state index contributed by atoms with van der Waals surface area (Å²) >= 11 is 3.46. The van der Waals surface area contributed by atoms with Gasteiger partial charge in [0.15, 0.2) is 0 Å². The van der Waals surface area contributed by atoms with E-state index in [0.29, 0.717) is 5.95 Å². The zero-order valence-corrected chi connectivity index (χ0v) is 9.32. The van der Waals surface area contributed by atoms with Crippen molar-refractivity contribution in [3.8, 4) is 5.69 Å². The smallest absolute Gasteiger partial charge is 0.204 e. The summed E-state index contributed by atoms with van der Waals surface area (Å²) in [5.74, 6) is 0.506. The standard InChI is InChI=1S/C10H10BrN3/c1-7-6-8(2-3-9(7)11)14-5-4-13-10(14)12/h2-6H,1H3,(H2,12,13). The van der Waals surface area contributed by atoms with Crippen molar-refractivity contribution >= 4 is 21.9 Å². The number of hydrogen-bond donors (Lipinski definition) is 1. The minimum absolute atomic E-state index is 0.506. The quantitative estimate of drug-likeness (QED) is 0.847. The van der Waals surface area contributed by atoms with Gasteiger partial charge in [0.2, 0.25) is 5.95 Å². The molecule has 0 aliphatic carbocycles. The molecule has 14 heavy (non-hydrogen) atoms. The van der Waals surface area contributed by atoms with Gasteiger partial charge in [0.1, 0.15) is 0 Å². The maximum Gasteiger partial charge on any atom is 0.204 e. The van der Waals surface area contributed by atoms with Crippen LogP contribution in [0.2, 0.25) is 0 Å². The molecule has 0 radical (unpaired) electrons. The summed E-state index contributed by atoms with van der Waals surface area (Å²) in [6.45, 7) is 2.04. The van der Waals surface area contributed by atoms with E-state index in [1.54, 1.807) is 6.20 Å². The number of hydrogen-bond acceptors (Lipinski definition) is 2. The van der Waals surface area contributed by atoms with Gasteiger partial charge in [-0.05, 0) is 30.7 Å². The Labute approximate surface area is 90.7 Å². The van der Waals surface area contributed by atoms with Gasteiger partial charge in [0.05, 0.1) is 0 Å². The molecule has 4 heteroatoms. The fraction of sp³-hybridized carbons (Fsp3) is 0.100. The summed E-state index contributed by atoms with van der Waals surface area (Å²) in [4.78, 5) is 3.97. The highest BCUT2D eigenvalue weighted by molar-refractivity contribution is 9.10. The summed E-state index contributed by atoms with van der Waals surface area (Å²) in [5, 5.41) is 0. The third-order valence-corrected chi connectivity index (χ3v) is 2.98. The van der Waals surface area contributed by atoms with Crippen molar-refractivity contribution in [3.05, 3.63) is 40.6 Å². The Bertz CT molecular complexity index is 462. The van der Waals surface area contributed by atoms with E-state index in [1.165, 1.54) is 5.56 Å². The number of nitrogens with zero attached hydrogens (tertiary/aromatic N) is 2. The Hall–Kier alpha value is -1.29. The molecule has 0 fully saturated rings. The fourth-order valence-electron chi connectivity index (χ4n) is 1.31. The topological polar surface area (TPSA) is 43.8 Å². The molecule has 72 valence electrons. The van der Waals surface area contributed by atoms with Gasteiger partial charge < -0.3 is 5.73 Å². The van der Waals surface area contributed by atoms with Crippen LogP contribution in [0.15, 0.2) is 35.1 Å². The lowest BCUT2D eigenvalue weighted by molar-refractivity contribution is 1.07. The molecule has 0 unspecified atom stereocenters. The Morgan fingerprint density at radius 3 is 2.79 bits per heavy atom. The van der Waals surface area contributed by atoms with E-state index in [9.17, 15) is 0 Å². The molecule has 0 bridgehead atoms. The van der Waals surface area contributed by atoms with Crippen LogP contribution in [-0.4, -0.2) is 9.55 Å². The molecule has 0 aliphatic heterocycles. The van der Waals surface area contributed by atoms with Crippen LogP contribution in [0.4, 0.5) is 5.95 Å². The molecule has 0 saturated heterocycles. The normalized spacial score (nSPS) is 10.4. The lowest BCUT2D eigenvalue weighted by atomic mass is 10.2. The zero-order chi connectivity index (χ0) is 10.1. The van der Waals surface area contributed by atoms with Gasteiger partial charge in [-0.1, -0.05) is 15.9 Å². The predicted octanol–water partition coefficient (Wildman–Crippen LogP) is 2.53. The zero-order valence-electron chi connectivity index (χ0n) is 7.74. The van der Waals surface area contributed by atoms with Crippen molar-refractivity contribution < 1.29 is 0 Å². The summed E-state index contributed by atoms with van der Waals surface area (Å²) in [6, 6.07) is 6.06. The van der Waals surface area contributed by atoms with Crippen molar-refractivity contribution in [2.45, 2.75) is 6.92 Å². The largest absolute Gasteiger partial charge is 0.369 e. The van der Waals surface area contributed by atoms with E-state index in [4.69, 9.17) is 5.73 Å². The van der Waals surface area contributed by atoms with Crippen LogP contribution in [0.3, 0.4) is 0 Å². The van der Waals surface area contributed by atoms with Gasteiger partial charge in [-0.3, -0.25) is 4.57 Å². The lowest BCUT2D eigenvalue weighted by Crippen LogP contribution is -1.99. The van der Waals surface area contributed by atoms with Crippen LogP contribution in [0.25, 0.3) is 5.69 Å². The van der Waals surface area contributed by atoms with Gasteiger partial charge in [-0.2, -0.15) is 0 Å². The van der Waals surface area contributed by atoms with Crippen LogP contribution in [0, 0.1) is 6.92 Å². The monoisotopic (exact) mass is 251 g/mol. The van der Waals surface area contributed by atoms with Crippen LogP contribution < -0.4 is 5.73 Å². The Morgan fingerprint density at radius 2 is 2.21 bits per heavy atom. The molecule has 0 amide bonds. The number of aryl methyl sites for hydroxylation is 1. The number of nitrogens with two attached hydrogens (primary N) is 1. The number of aromatic nitrogens is 2. The van der Waals surface area contributed by atoms with Crippen molar-refractivity contribution in [3.63, 3.8) is 0 Å². The molecular formula is C10H10BrN3. The number of anilines is 1.